The molecule has 0 radical (unpaired) electrons. The number of carbonyl (C=O) groups is 2. The molecule has 2 N–H and O–H groups in total. The van der Waals surface area contributed by atoms with Gasteiger partial charge in [0.2, 0.25) is 0 Å². The highest BCUT2D eigenvalue weighted by Gasteiger charge is 2.27. The van der Waals surface area contributed by atoms with Crippen LogP contribution >= 0.6 is 7.82 Å². The highest BCUT2D eigenvalue weighted by atomic mass is 31.2. The molecule has 0 aliphatic rings. The van der Waals surface area contributed by atoms with Crippen LogP contribution in [-0.4, -0.2) is 86.1 Å². The summed E-state index contributed by atoms with van der Waals surface area (Å²) in [7, 11) is 1.39. The monoisotopic (exact) mass is 883 g/mol. The van der Waals surface area contributed by atoms with Crippen molar-refractivity contribution in [2.45, 2.75) is 212 Å². The molecule has 0 fully saturated rings. The van der Waals surface area contributed by atoms with Crippen LogP contribution < -0.4 is 0 Å². The van der Waals surface area contributed by atoms with E-state index in [1.807, 2.05) is 39.4 Å². The molecular formula is C50H93NO9P+. The molecule has 0 aliphatic carbocycles. The van der Waals surface area contributed by atoms with Crippen LogP contribution in [0, 0.1) is 0 Å². The van der Waals surface area contributed by atoms with E-state index in [2.05, 4.69) is 32.1 Å². The van der Waals surface area contributed by atoms with Crippen LogP contribution in [0.2, 0.25) is 0 Å². The highest BCUT2D eigenvalue weighted by molar-refractivity contribution is 7.47. The van der Waals surface area contributed by atoms with Crippen molar-refractivity contribution in [2.24, 2.45) is 0 Å². The molecule has 11 heteroatoms. The molecular weight excluding hydrogens is 790 g/mol. The predicted octanol–water partition coefficient (Wildman–Crippen LogP) is 13.2. The first kappa shape index (κ1) is 58.9. The van der Waals surface area contributed by atoms with Gasteiger partial charge in [-0.05, 0) is 44.9 Å². The molecule has 3 atom stereocenters. The molecule has 0 aromatic rings. The highest BCUT2D eigenvalue weighted by Crippen LogP contribution is 2.43. The number of aliphatic hydroxyl groups excluding tert-OH is 1. The number of esters is 2. The van der Waals surface area contributed by atoms with E-state index in [4.69, 9.17) is 18.5 Å². The number of quaternary nitrogens is 1. The first-order valence-corrected chi connectivity index (χ1v) is 26.0. The van der Waals surface area contributed by atoms with Crippen LogP contribution in [0.25, 0.3) is 0 Å². The van der Waals surface area contributed by atoms with Crippen LogP contribution in [0.3, 0.4) is 0 Å². The molecule has 356 valence electrons. The van der Waals surface area contributed by atoms with E-state index in [1.165, 1.54) is 122 Å². The fourth-order valence-electron chi connectivity index (χ4n) is 6.56. The zero-order valence-electron chi connectivity index (χ0n) is 39.8. The van der Waals surface area contributed by atoms with Crippen molar-refractivity contribution in [3.05, 3.63) is 48.6 Å². The van der Waals surface area contributed by atoms with Crippen molar-refractivity contribution in [1.82, 2.24) is 0 Å². The Bertz CT molecular complexity index is 1200. The number of likely N-dealkylation sites (N-methyl/N-ethyl adjacent to an activating group) is 1. The average molecular weight is 883 g/mol. The fraction of sp³-hybridized carbons (Fsp3) is 0.800. The molecule has 61 heavy (non-hydrogen) atoms. The standard InChI is InChI=1S/C50H92NO9P/c1-6-8-10-12-14-16-17-18-19-20-21-22-23-24-25-27-29-33-37-41-49(53)57-45-48(46-59-61(55,56)58-44-43-51(3,4)5)60-50(54)42-38-34-30-32-36-40-47(52)39-35-31-28-26-15-13-11-9-7-2/h15,26,30-32,35-36,40,47-48,52H,6-14,16-25,27-29,33-34,37-39,41-46H2,1-5H3/p+1/b26-15-,32-30+,35-31-,40-36-/t47?,48-/m1/s1. The molecule has 0 heterocycles. The zero-order chi connectivity index (χ0) is 45.1. The van der Waals surface area contributed by atoms with Gasteiger partial charge < -0.3 is 24.0 Å². The summed E-state index contributed by atoms with van der Waals surface area (Å²) < 4.78 is 34.3. The number of hydrogen-bond acceptors (Lipinski definition) is 8. The van der Waals surface area contributed by atoms with E-state index in [9.17, 15) is 24.2 Å². The van der Waals surface area contributed by atoms with Crippen LogP contribution in [0.5, 0.6) is 0 Å². The smallest absolute Gasteiger partial charge is 0.462 e. The van der Waals surface area contributed by atoms with E-state index in [0.29, 0.717) is 30.3 Å². The van der Waals surface area contributed by atoms with Crippen LogP contribution in [-0.2, 0) is 32.7 Å². The van der Waals surface area contributed by atoms with Gasteiger partial charge in [-0.15, -0.1) is 0 Å². The molecule has 0 bridgehead atoms. The Kier molecular flexibility index (Phi) is 40.5. The van der Waals surface area contributed by atoms with Gasteiger partial charge in [-0.1, -0.05) is 191 Å². The van der Waals surface area contributed by atoms with E-state index >= 15 is 0 Å². The van der Waals surface area contributed by atoms with E-state index in [0.717, 1.165) is 32.1 Å². The van der Waals surface area contributed by atoms with Crippen molar-refractivity contribution < 1.29 is 47.2 Å². The number of nitrogens with zero attached hydrogens (tertiary/aromatic N) is 1. The van der Waals surface area contributed by atoms with Gasteiger partial charge in [-0.25, -0.2) is 4.57 Å². The Balaban J connectivity index is 4.43. The summed E-state index contributed by atoms with van der Waals surface area (Å²) in [5.74, 6) is -0.923. The van der Waals surface area contributed by atoms with E-state index in [-0.39, 0.29) is 26.1 Å². The van der Waals surface area contributed by atoms with Gasteiger partial charge in [-0.2, -0.15) is 0 Å². The third-order valence-corrected chi connectivity index (χ3v) is 11.4. The first-order valence-electron chi connectivity index (χ1n) is 24.5. The lowest BCUT2D eigenvalue weighted by molar-refractivity contribution is -0.870. The SMILES string of the molecule is CCCCC/C=C\C/C=C\CC(O)/C=C\C=C\CCCC(=O)O[C@H](COC(=O)CCCCCCCCCCCCCCCCCCCCC)COP(=O)(O)OCC[N+](C)(C)C. The number of allylic oxidation sites excluding steroid dienone is 6. The van der Waals surface area contributed by atoms with E-state index < -0.39 is 38.6 Å². The van der Waals surface area contributed by atoms with Crippen LogP contribution in [0.4, 0.5) is 0 Å². The second kappa shape index (κ2) is 41.9. The van der Waals surface area contributed by atoms with E-state index in [1.54, 1.807) is 12.2 Å². The fourth-order valence-corrected chi connectivity index (χ4v) is 7.30. The topological polar surface area (TPSA) is 129 Å². The second-order valence-corrected chi connectivity index (χ2v) is 19.2. The molecule has 0 saturated heterocycles. The molecule has 10 nitrogen and oxygen atoms in total. The maximum atomic E-state index is 12.7. The Morgan fingerprint density at radius 2 is 1.10 bits per heavy atom. The number of carbonyl (C=O) groups excluding carboxylic acids is 2. The minimum Gasteiger partial charge on any atom is -0.462 e. The Morgan fingerprint density at radius 1 is 0.590 bits per heavy atom. The van der Waals surface area contributed by atoms with Crippen LogP contribution in [0.15, 0.2) is 48.6 Å². The number of hydrogen-bond donors (Lipinski definition) is 2. The third-order valence-electron chi connectivity index (χ3n) is 10.4. The van der Waals surface area contributed by atoms with Crippen molar-refractivity contribution >= 4 is 19.8 Å². The molecule has 0 aliphatic heterocycles. The molecule has 0 aromatic carbocycles. The minimum absolute atomic E-state index is 0.00595. The summed E-state index contributed by atoms with van der Waals surface area (Å²) in [5, 5.41) is 10.2. The molecule has 0 spiro atoms. The molecule has 0 aromatic heterocycles. The van der Waals surface area contributed by atoms with Gasteiger partial charge in [0.15, 0.2) is 6.10 Å². The summed E-state index contributed by atoms with van der Waals surface area (Å²) in [6.07, 6.45) is 46.2. The van der Waals surface area contributed by atoms with Gasteiger partial charge in [-0.3, -0.25) is 18.6 Å². The van der Waals surface area contributed by atoms with Crippen molar-refractivity contribution in [1.29, 1.82) is 0 Å². The summed E-state index contributed by atoms with van der Waals surface area (Å²) in [4.78, 5) is 35.5. The Hall–Kier alpha value is -2.07. The number of phosphoric ester groups is 1. The lowest BCUT2D eigenvalue weighted by atomic mass is 10.0. The predicted molar refractivity (Wildman–Crippen MR) is 253 cm³/mol. The maximum absolute atomic E-state index is 12.7. The van der Waals surface area contributed by atoms with Crippen molar-refractivity contribution in [3.63, 3.8) is 0 Å². The van der Waals surface area contributed by atoms with Gasteiger partial charge >= 0.3 is 19.8 Å². The molecule has 0 amide bonds. The lowest BCUT2D eigenvalue weighted by Gasteiger charge is -2.24. The Labute approximate surface area is 374 Å². The lowest BCUT2D eigenvalue weighted by Crippen LogP contribution is -2.37. The van der Waals surface area contributed by atoms with Crippen molar-refractivity contribution in [3.8, 4) is 0 Å². The van der Waals surface area contributed by atoms with Crippen molar-refractivity contribution in [2.75, 3.05) is 47.5 Å². The largest absolute Gasteiger partial charge is 0.472 e. The summed E-state index contributed by atoms with van der Waals surface area (Å²) in [6.45, 7) is 4.24. The Morgan fingerprint density at radius 3 is 1.67 bits per heavy atom. The average Bonchev–Trinajstić information content (AvgIpc) is 3.21. The minimum atomic E-state index is -4.42. The number of unbranched alkanes of at least 4 members (excludes halogenated alkanes) is 22. The van der Waals surface area contributed by atoms with Gasteiger partial charge in [0.1, 0.15) is 19.8 Å². The summed E-state index contributed by atoms with van der Waals surface area (Å²) in [5.41, 5.74) is 0. The quantitative estimate of drug-likeness (QED) is 0.0153. The number of phosphoric acid groups is 1. The van der Waals surface area contributed by atoms with Gasteiger partial charge in [0.05, 0.1) is 33.9 Å². The number of aliphatic hydroxyl groups is 1. The molecule has 0 rings (SSSR count). The molecule has 0 saturated carbocycles. The summed E-state index contributed by atoms with van der Waals surface area (Å²) in [6, 6.07) is 0. The van der Waals surface area contributed by atoms with Gasteiger partial charge in [0, 0.05) is 12.8 Å². The second-order valence-electron chi connectivity index (χ2n) is 17.7. The number of ether oxygens (including phenoxy) is 2. The third kappa shape index (κ3) is 45.8. The number of rotatable bonds is 44. The first-order chi connectivity index (χ1) is 29.4. The van der Waals surface area contributed by atoms with Gasteiger partial charge in [0.25, 0.3) is 0 Å². The molecule has 2 unspecified atom stereocenters. The van der Waals surface area contributed by atoms with Crippen LogP contribution in [0.1, 0.15) is 200 Å². The summed E-state index contributed by atoms with van der Waals surface area (Å²) >= 11 is 0. The normalized spacial score (nSPS) is 14.4. The maximum Gasteiger partial charge on any atom is 0.472 e. The zero-order valence-corrected chi connectivity index (χ0v) is 40.6.